The molecule has 1 aromatic heterocycles. The Morgan fingerprint density at radius 2 is 1.58 bits per heavy atom. The molecule has 7 heteroatoms. The second kappa shape index (κ2) is 5.94. The van der Waals surface area contributed by atoms with Gasteiger partial charge in [0.05, 0.1) is 5.92 Å². The van der Waals surface area contributed by atoms with Crippen molar-refractivity contribution in [2.45, 2.75) is 19.3 Å². The van der Waals surface area contributed by atoms with E-state index in [4.69, 9.17) is 23.5 Å². The number of aromatic nitrogens is 2. The second-order valence-electron chi connectivity index (χ2n) is 6.25. The van der Waals surface area contributed by atoms with Gasteiger partial charge in [-0.05, 0) is 42.3 Å². The van der Waals surface area contributed by atoms with Crippen molar-refractivity contribution < 1.29 is 23.5 Å². The van der Waals surface area contributed by atoms with E-state index in [-0.39, 0.29) is 19.5 Å². The van der Waals surface area contributed by atoms with Gasteiger partial charge in [0.25, 0.3) is 0 Å². The standard InChI is InChI=1S/C19H16N2O5/c1-11(13-3-5-15-17(8-13)25-10-23-15)19-20-18(21-26-19)7-12-2-4-14-16(6-12)24-9-22-14/h2-6,8,11H,7,9-10H2,1H3/t11-/m0/s1. The van der Waals surface area contributed by atoms with Gasteiger partial charge in [-0.15, -0.1) is 0 Å². The van der Waals surface area contributed by atoms with E-state index in [1.807, 2.05) is 43.3 Å². The average Bonchev–Trinajstić information content (AvgIpc) is 3.40. The molecule has 5 rings (SSSR count). The molecule has 3 aromatic rings. The van der Waals surface area contributed by atoms with Gasteiger partial charge in [-0.1, -0.05) is 17.3 Å². The predicted molar refractivity (Wildman–Crippen MR) is 89.8 cm³/mol. The SMILES string of the molecule is C[C@@H](c1ccc2c(c1)OCO2)c1nc(Cc2ccc3c(c2)OCO3)no1. The van der Waals surface area contributed by atoms with E-state index in [1.54, 1.807) is 0 Å². The summed E-state index contributed by atoms with van der Waals surface area (Å²) in [5, 5.41) is 4.11. The Balaban J connectivity index is 1.34. The Hall–Kier alpha value is -3.22. The Morgan fingerprint density at radius 3 is 2.38 bits per heavy atom. The van der Waals surface area contributed by atoms with Crippen molar-refractivity contribution in [3.8, 4) is 23.0 Å². The minimum absolute atomic E-state index is 0.0393. The lowest BCUT2D eigenvalue weighted by molar-refractivity contribution is 0.173. The summed E-state index contributed by atoms with van der Waals surface area (Å²) in [6.07, 6.45) is 0.563. The van der Waals surface area contributed by atoms with Gasteiger partial charge in [0.2, 0.25) is 19.5 Å². The Bertz CT molecular complexity index is 968. The van der Waals surface area contributed by atoms with Gasteiger partial charge in [-0.3, -0.25) is 0 Å². The molecule has 0 bridgehead atoms. The summed E-state index contributed by atoms with van der Waals surface area (Å²) in [7, 11) is 0. The van der Waals surface area contributed by atoms with E-state index in [1.165, 1.54) is 0 Å². The first-order chi connectivity index (χ1) is 12.8. The minimum Gasteiger partial charge on any atom is -0.454 e. The topological polar surface area (TPSA) is 75.8 Å². The van der Waals surface area contributed by atoms with Gasteiger partial charge in [-0.25, -0.2) is 0 Å². The van der Waals surface area contributed by atoms with E-state index in [2.05, 4.69) is 10.1 Å². The summed E-state index contributed by atoms with van der Waals surface area (Å²) in [5.74, 6) is 4.18. The molecular formula is C19H16N2O5. The highest BCUT2D eigenvalue weighted by molar-refractivity contribution is 5.46. The molecule has 0 N–H and O–H groups in total. The molecule has 0 fully saturated rings. The van der Waals surface area contributed by atoms with Gasteiger partial charge in [0, 0.05) is 6.42 Å². The maximum atomic E-state index is 5.48. The summed E-state index contributed by atoms with van der Waals surface area (Å²) in [6, 6.07) is 11.7. The van der Waals surface area contributed by atoms with Crippen LogP contribution in [0.4, 0.5) is 0 Å². The molecule has 2 aliphatic heterocycles. The number of benzene rings is 2. The molecule has 132 valence electrons. The molecule has 0 saturated heterocycles. The fraction of sp³-hybridized carbons (Fsp3) is 0.263. The summed E-state index contributed by atoms with van der Waals surface area (Å²) in [5.41, 5.74) is 2.07. The Kier molecular flexibility index (Phi) is 3.44. The van der Waals surface area contributed by atoms with Crippen molar-refractivity contribution in [1.29, 1.82) is 0 Å². The highest BCUT2D eigenvalue weighted by Gasteiger charge is 2.21. The van der Waals surface area contributed by atoms with Crippen LogP contribution in [0.5, 0.6) is 23.0 Å². The molecule has 2 aliphatic rings. The van der Waals surface area contributed by atoms with Crippen molar-refractivity contribution in [3.63, 3.8) is 0 Å². The maximum Gasteiger partial charge on any atom is 0.233 e. The number of ether oxygens (including phenoxy) is 4. The van der Waals surface area contributed by atoms with E-state index >= 15 is 0 Å². The quantitative estimate of drug-likeness (QED) is 0.713. The lowest BCUT2D eigenvalue weighted by Gasteiger charge is -2.07. The predicted octanol–water partition coefficient (Wildman–Crippen LogP) is 3.27. The second-order valence-corrected chi connectivity index (χ2v) is 6.25. The summed E-state index contributed by atoms with van der Waals surface area (Å²) in [4.78, 5) is 4.55. The molecule has 1 atom stereocenters. The number of nitrogens with zero attached hydrogens (tertiary/aromatic N) is 2. The lowest BCUT2D eigenvalue weighted by atomic mass is 10.0. The Morgan fingerprint density at radius 1 is 0.885 bits per heavy atom. The number of rotatable bonds is 4. The van der Waals surface area contributed by atoms with Crippen LogP contribution < -0.4 is 18.9 Å². The molecule has 0 spiro atoms. The Labute approximate surface area is 149 Å². The normalized spacial score (nSPS) is 15.3. The van der Waals surface area contributed by atoms with Crippen LogP contribution in [0.1, 0.15) is 35.7 Å². The van der Waals surface area contributed by atoms with Crippen LogP contribution in [-0.2, 0) is 6.42 Å². The largest absolute Gasteiger partial charge is 0.454 e. The first-order valence-electron chi connectivity index (χ1n) is 8.37. The van der Waals surface area contributed by atoms with Gasteiger partial charge in [-0.2, -0.15) is 4.98 Å². The summed E-state index contributed by atoms with van der Waals surface area (Å²) >= 11 is 0. The third-order valence-corrected chi connectivity index (χ3v) is 4.55. The van der Waals surface area contributed by atoms with E-state index < -0.39 is 0 Å². The van der Waals surface area contributed by atoms with Crippen LogP contribution in [0.25, 0.3) is 0 Å². The number of hydrogen-bond acceptors (Lipinski definition) is 7. The van der Waals surface area contributed by atoms with Gasteiger partial charge >= 0.3 is 0 Å². The van der Waals surface area contributed by atoms with E-state index in [9.17, 15) is 0 Å². The zero-order chi connectivity index (χ0) is 17.5. The number of hydrogen-bond donors (Lipinski definition) is 0. The van der Waals surface area contributed by atoms with Crippen molar-refractivity contribution >= 4 is 0 Å². The van der Waals surface area contributed by atoms with Crippen LogP contribution in [0.15, 0.2) is 40.9 Å². The first kappa shape index (κ1) is 15.1. The van der Waals surface area contributed by atoms with Crippen LogP contribution in [-0.4, -0.2) is 23.7 Å². The third kappa shape index (κ3) is 2.61. The molecule has 3 heterocycles. The summed E-state index contributed by atoms with van der Waals surface area (Å²) in [6.45, 7) is 2.54. The van der Waals surface area contributed by atoms with Gasteiger partial charge in [0.1, 0.15) is 0 Å². The van der Waals surface area contributed by atoms with Gasteiger partial charge < -0.3 is 23.5 Å². The molecule has 0 saturated carbocycles. The lowest BCUT2D eigenvalue weighted by Crippen LogP contribution is -1.98. The zero-order valence-corrected chi connectivity index (χ0v) is 14.1. The van der Waals surface area contributed by atoms with Crippen LogP contribution in [0, 0.1) is 0 Å². The molecule has 0 amide bonds. The first-order valence-corrected chi connectivity index (χ1v) is 8.37. The third-order valence-electron chi connectivity index (χ3n) is 4.55. The van der Waals surface area contributed by atoms with Crippen molar-refractivity contribution in [2.75, 3.05) is 13.6 Å². The van der Waals surface area contributed by atoms with E-state index in [0.717, 1.165) is 34.1 Å². The van der Waals surface area contributed by atoms with Crippen LogP contribution in [0.2, 0.25) is 0 Å². The number of fused-ring (bicyclic) bond motifs is 2. The molecule has 0 radical (unpaired) electrons. The van der Waals surface area contributed by atoms with E-state index in [0.29, 0.717) is 18.1 Å². The highest BCUT2D eigenvalue weighted by atomic mass is 16.7. The fourth-order valence-electron chi connectivity index (χ4n) is 3.07. The van der Waals surface area contributed by atoms with Crippen LogP contribution >= 0.6 is 0 Å². The minimum atomic E-state index is -0.0393. The zero-order valence-electron chi connectivity index (χ0n) is 14.1. The fourth-order valence-corrected chi connectivity index (χ4v) is 3.07. The summed E-state index contributed by atoms with van der Waals surface area (Å²) < 4.78 is 27.0. The molecule has 0 aliphatic carbocycles. The molecular weight excluding hydrogens is 336 g/mol. The van der Waals surface area contributed by atoms with Crippen molar-refractivity contribution in [1.82, 2.24) is 10.1 Å². The smallest absolute Gasteiger partial charge is 0.233 e. The average molecular weight is 352 g/mol. The highest BCUT2D eigenvalue weighted by Crippen LogP contribution is 2.36. The van der Waals surface area contributed by atoms with Crippen molar-refractivity contribution in [3.05, 3.63) is 59.2 Å². The van der Waals surface area contributed by atoms with Gasteiger partial charge in [0.15, 0.2) is 28.8 Å². The van der Waals surface area contributed by atoms with Crippen LogP contribution in [0.3, 0.4) is 0 Å². The maximum absolute atomic E-state index is 5.48. The molecule has 2 aromatic carbocycles. The molecule has 26 heavy (non-hydrogen) atoms. The molecule has 0 unspecified atom stereocenters. The molecule has 7 nitrogen and oxygen atoms in total. The van der Waals surface area contributed by atoms with Crippen molar-refractivity contribution in [2.24, 2.45) is 0 Å². The monoisotopic (exact) mass is 352 g/mol.